The van der Waals surface area contributed by atoms with Gasteiger partial charge in [0.05, 0.1) is 4.90 Å². The number of nitrogens with zero attached hydrogens (tertiary/aromatic N) is 1. The van der Waals surface area contributed by atoms with E-state index < -0.39 is 22.1 Å². The third-order valence-corrected chi connectivity index (χ3v) is 7.19. The minimum atomic E-state index is -4.02. The highest BCUT2D eigenvalue weighted by Gasteiger charge is 2.31. The van der Waals surface area contributed by atoms with Crippen LogP contribution in [0.4, 0.5) is 0 Å². The summed E-state index contributed by atoms with van der Waals surface area (Å²) in [6.07, 6.45) is 0.904. The van der Waals surface area contributed by atoms with Gasteiger partial charge in [-0.25, -0.2) is 0 Å². The molecule has 3 aromatic rings. The molecule has 0 radical (unpaired) electrons. The highest BCUT2D eigenvalue weighted by Crippen LogP contribution is 2.33. The summed E-state index contributed by atoms with van der Waals surface area (Å²) in [5.74, 6) is -0.850. The summed E-state index contributed by atoms with van der Waals surface area (Å²) in [7, 11) is -4.02. The molecule has 4 rings (SSSR count). The smallest absolute Gasteiger partial charge is 0.325 e. The van der Waals surface area contributed by atoms with Crippen LogP contribution in [-0.4, -0.2) is 35.5 Å². The summed E-state index contributed by atoms with van der Waals surface area (Å²) in [5, 5.41) is 12.2. The van der Waals surface area contributed by atoms with Crippen LogP contribution in [-0.2, 0) is 27.9 Å². The maximum absolute atomic E-state index is 11.7. The van der Waals surface area contributed by atoms with Crippen LogP contribution in [0.15, 0.2) is 64.9 Å². The van der Waals surface area contributed by atoms with Gasteiger partial charge in [0.15, 0.2) is 0 Å². The zero-order chi connectivity index (χ0) is 22.6. The van der Waals surface area contributed by atoms with Crippen molar-refractivity contribution >= 4 is 39.0 Å². The number of fused-ring (bicyclic) bond motifs is 1. The Morgan fingerprint density at radius 1 is 1.13 bits per heavy atom. The van der Waals surface area contributed by atoms with Gasteiger partial charge in [-0.1, -0.05) is 47.5 Å². The van der Waals surface area contributed by atoms with Gasteiger partial charge in [0.25, 0.3) is 10.1 Å². The first-order chi connectivity index (χ1) is 14.7. The number of aliphatic carboxylic acids is 1. The third kappa shape index (κ3) is 5.93. The molecule has 2 aromatic carbocycles. The molecule has 164 valence electrons. The van der Waals surface area contributed by atoms with E-state index >= 15 is 0 Å². The molecule has 1 aromatic heterocycles. The van der Waals surface area contributed by atoms with Gasteiger partial charge >= 0.3 is 5.97 Å². The normalized spacial score (nSPS) is 14.8. The summed E-state index contributed by atoms with van der Waals surface area (Å²) in [6.45, 7) is 3.25. The van der Waals surface area contributed by atoms with Crippen LogP contribution >= 0.6 is 22.9 Å². The van der Waals surface area contributed by atoms with Gasteiger partial charge in [-0.3, -0.25) is 14.2 Å². The molecule has 0 bridgehead atoms. The Balaban J connectivity index is 0.000000210. The predicted molar refractivity (Wildman–Crippen MR) is 121 cm³/mol. The predicted octanol–water partition coefficient (Wildman–Crippen LogP) is 4.83. The van der Waals surface area contributed by atoms with Crippen LogP contribution in [0.25, 0.3) is 0 Å². The van der Waals surface area contributed by atoms with Crippen molar-refractivity contribution in [2.75, 3.05) is 6.54 Å². The molecule has 0 spiro atoms. The van der Waals surface area contributed by atoms with Crippen LogP contribution in [0.1, 0.15) is 27.6 Å². The van der Waals surface area contributed by atoms with E-state index in [1.165, 1.54) is 22.6 Å². The molecule has 0 unspecified atom stereocenters. The summed E-state index contributed by atoms with van der Waals surface area (Å²) in [6, 6.07) is 14.6. The molecular formula is C22H22ClNO5S2. The largest absolute Gasteiger partial charge is 0.480 e. The first-order valence-electron chi connectivity index (χ1n) is 9.47. The number of thiophene rings is 1. The van der Waals surface area contributed by atoms with Gasteiger partial charge in [-0.2, -0.15) is 8.42 Å². The molecule has 0 saturated heterocycles. The van der Waals surface area contributed by atoms with E-state index in [1.54, 1.807) is 35.6 Å². The molecule has 6 nitrogen and oxygen atoms in total. The lowest BCUT2D eigenvalue weighted by Crippen LogP contribution is -2.37. The molecule has 0 fully saturated rings. The lowest BCUT2D eigenvalue weighted by atomic mass is 10.0. The van der Waals surface area contributed by atoms with E-state index in [4.69, 9.17) is 16.2 Å². The fraction of sp³-hybridized carbons (Fsp3) is 0.227. The van der Waals surface area contributed by atoms with E-state index in [-0.39, 0.29) is 4.90 Å². The molecular weight excluding hydrogens is 458 g/mol. The summed E-state index contributed by atoms with van der Waals surface area (Å²) < 4.78 is 29.6. The van der Waals surface area contributed by atoms with Crippen LogP contribution < -0.4 is 0 Å². The number of halogens is 1. The topological polar surface area (TPSA) is 94.9 Å². The van der Waals surface area contributed by atoms with E-state index in [2.05, 4.69) is 11.4 Å². The third-order valence-electron chi connectivity index (χ3n) is 4.95. The molecule has 0 amide bonds. The SMILES string of the molecule is Cc1ccc(S(=O)(=O)O)cc1.O=C(O)[C@H](c1ccccc1Cl)N1CCc2sccc2C1. The average molecular weight is 480 g/mol. The van der Waals surface area contributed by atoms with Gasteiger partial charge in [0.1, 0.15) is 6.04 Å². The first kappa shape index (κ1) is 23.4. The lowest BCUT2D eigenvalue weighted by molar-refractivity contribution is -0.144. The van der Waals surface area contributed by atoms with Gasteiger partial charge < -0.3 is 5.11 Å². The first-order valence-corrected chi connectivity index (χ1v) is 12.2. The zero-order valence-electron chi connectivity index (χ0n) is 16.7. The van der Waals surface area contributed by atoms with Crippen molar-refractivity contribution in [1.29, 1.82) is 0 Å². The highest BCUT2D eigenvalue weighted by atomic mass is 35.5. The van der Waals surface area contributed by atoms with E-state index in [9.17, 15) is 18.3 Å². The zero-order valence-corrected chi connectivity index (χ0v) is 19.1. The summed E-state index contributed by atoms with van der Waals surface area (Å²) >= 11 is 7.92. The van der Waals surface area contributed by atoms with E-state index in [0.29, 0.717) is 17.1 Å². The molecule has 1 atom stereocenters. The minimum absolute atomic E-state index is 0.0666. The van der Waals surface area contributed by atoms with Crippen LogP contribution in [0, 0.1) is 6.92 Å². The lowest BCUT2D eigenvalue weighted by Gasteiger charge is -2.32. The number of benzene rings is 2. The van der Waals surface area contributed by atoms with Crippen molar-refractivity contribution in [3.63, 3.8) is 0 Å². The number of aryl methyl sites for hydroxylation is 1. The van der Waals surface area contributed by atoms with Gasteiger partial charge in [-0.15, -0.1) is 11.3 Å². The number of carboxylic acids is 1. The van der Waals surface area contributed by atoms with E-state index in [0.717, 1.165) is 18.5 Å². The monoisotopic (exact) mass is 479 g/mol. The van der Waals surface area contributed by atoms with Crippen LogP contribution in [0.5, 0.6) is 0 Å². The maximum Gasteiger partial charge on any atom is 0.325 e. The van der Waals surface area contributed by atoms with Gasteiger partial charge in [0, 0.05) is 23.0 Å². The second-order valence-corrected chi connectivity index (χ2v) is 9.97. The molecule has 2 heterocycles. The number of rotatable bonds is 4. The van der Waals surface area contributed by atoms with Crippen molar-refractivity contribution in [2.45, 2.75) is 30.8 Å². The molecule has 31 heavy (non-hydrogen) atoms. The molecule has 2 N–H and O–H groups in total. The van der Waals surface area contributed by atoms with Crippen LogP contribution in [0.3, 0.4) is 0 Å². The Morgan fingerprint density at radius 3 is 2.42 bits per heavy atom. The molecule has 0 aliphatic carbocycles. The quantitative estimate of drug-likeness (QED) is 0.520. The second-order valence-electron chi connectivity index (χ2n) is 7.14. The van der Waals surface area contributed by atoms with Crippen molar-refractivity contribution in [3.05, 3.63) is 86.6 Å². The Kier molecular flexibility index (Phi) is 7.51. The Hall–Kier alpha value is -2.23. The number of carboxylic acid groups (broad SMARTS) is 1. The van der Waals surface area contributed by atoms with Gasteiger partial charge in [-0.05, 0) is 54.1 Å². The average Bonchev–Trinajstić information content (AvgIpc) is 3.17. The fourth-order valence-corrected chi connectivity index (χ4v) is 4.99. The Morgan fingerprint density at radius 2 is 1.81 bits per heavy atom. The van der Waals surface area contributed by atoms with Crippen molar-refractivity contribution < 1.29 is 22.9 Å². The van der Waals surface area contributed by atoms with Crippen molar-refractivity contribution in [3.8, 4) is 0 Å². The molecule has 1 aliphatic heterocycles. The summed E-state index contributed by atoms with van der Waals surface area (Å²) in [4.78, 5) is 15.0. The number of hydrogen-bond donors (Lipinski definition) is 2. The molecule has 1 aliphatic rings. The minimum Gasteiger partial charge on any atom is -0.480 e. The number of carbonyl (C=O) groups is 1. The second kappa shape index (κ2) is 9.93. The Bertz CT molecular complexity index is 1160. The maximum atomic E-state index is 11.7. The molecule has 9 heteroatoms. The van der Waals surface area contributed by atoms with Crippen molar-refractivity contribution in [1.82, 2.24) is 4.90 Å². The van der Waals surface area contributed by atoms with E-state index in [1.807, 2.05) is 24.0 Å². The molecule has 0 saturated carbocycles. The number of hydrogen-bond acceptors (Lipinski definition) is 5. The van der Waals surface area contributed by atoms with Crippen molar-refractivity contribution in [2.24, 2.45) is 0 Å². The Labute approximate surface area is 190 Å². The summed E-state index contributed by atoms with van der Waals surface area (Å²) in [5.41, 5.74) is 2.86. The van der Waals surface area contributed by atoms with Crippen LogP contribution in [0.2, 0.25) is 5.02 Å². The highest BCUT2D eigenvalue weighted by molar-refractivity contribution is 7.85. The van der Waals surface area contributed by atoms with Gasteiger partial charge in [0.2, 0.25) is 0 Å². The standard InChI is InChI=1S/C15H14ClNO2S.C7H8O3S/c16-12-4-2-1-3-11(12)14(15(18)19)17-7-5-13-10(9-17)6-8-20-13;1-6-2-4-7(5-3-6)11(8,9)10/h1-4,6,8,14H,5,7,9H2,(H,18,19);2-5H,1H3,(H,8,9,10)/t14-;/m0./s1. The fourth-order valence-electron chi connectivity index (χ4n) is 3.38.